The number of ether oxygens (including phenoxy) is 1. The van der Waals surface area contributed by atoms with Crippen molar-refractivity contribution in [3.05, 3.63) is 29.6 Å². The normalized spacial score (nSPS) is 21.3. The summed E-state index contributed by atoms with van der Waals surface area (Å²) in [6, 6.07) is 4.29. The van der Waals surface area contributed by atoms with E-state index in [0.29, 0.717) is 39.4 Å². The third kappa shape index (κ3) is 4.76. The summed E-state index contributed by atoms with van der Waals surface area (Å²) in [5, 5.41) is 2.78. The maximum atomic E-state index is 12.5. The lowest BCUT2D eigenvalue weighted by molar-refractivity contribution is -0.136. The van der Waals surface area contributed by atoms with E-state index >= 15 is 0 Å². The standard InChI is InChI=1S/C18H26N4O3/c1-14(23)20-12-16-11-15(4-5-19-16)17-3-2-6-22(17)13-18(24)21-7-9-25-10-8-21/h4-5,11,17H,2-3,6-10,12-13H2,1H3,(H,20,23)/t17-/m1/s1. The van der Waals surface area contributed by atoms with Gasteiger partial charge in [-0.2, -0.15) is 0 Å². The van der Waals surface area contributed by atoms with Crippen molar-refractivity contribution in [2.24, 2.45) is 0 Å². The second kappa shape index (κ2) is 8.40. The first kappa shape index (κ1) is 17.8. The molecule has 0 unspecified atom stereocenters. The van der Waals surface area contributed by atoms with Gasteiger partial charge in [-0.05, 0) is 37.1 Å². The Bertz CT molecular complexity index is 616. The van der Waals surface area contributed by atoms with Gasteiger partial charge in [0.25, 0.3) is 0 Å². The van der Waals surface area contributed by atoms with Crippen LogP contribution in [0.5, 0.6) is 0 Å². The summed E-state index contributed by atoms with van der Waals surface area (Å²) in [5.41, 5.74) is 2.02. The Balaban J connectivity index is 1.63. The number of likely N-dealkylation sites (tertiary alicyclic amines) is 1. The SMILES string of the molecule is CC(=O)NCc1cc([C@H]2CCCN2CC(=O)N2CCOCC2)ccn1. The summed E-state index contributed by atoms with van der Waals surface area (Å²) < 4.78 is 5.32. The van der Waals surface area contributed by atoms with Gasteiger partial charge in [-0.25, -0.2) is 0 Å². The zero-order valence-electron chi connectivity index (χ0n) is 14.7. The van der Waals surface area contributed by atoms with Gasteiger partial charge < -0.3 is 15.0 Å². The number of hydrogen-bond acceptors (Lipinski definition) is 5. The van der Waals surface area contributed by atoms with E-state index in [1.165, 1.54) is 12.5 Å². The average molecular weight is 346 g/mol. The summed E-state index contributed by atoms with van der Waals surface area (Å²) in [7, 11) is 0. The number of pyridine rings is 1. The third-order valence-corrected chi connectivity index (χ3v) is 4.81. The number of hydrogen-bond donors (Lipinski definition) is 1. The maximum Gasteiger partial charge on any atom is 0.236 e. The topological polar surface area (TPSA) is 74.8 Å². The van der Waals surface area contributed by atoms with Crippen LogP contribution in [-0.4, -0.2) is 66.0 Å². The molecule has 0 radical (unpaired) electrons. The van der Waals surface area contributed by atoms with Crippen LogP contribution in [0.4, 0.5) is 0 Å². The molecule has 0 saturated carbocycles. The van der Waals surface area contributed by atoms with Crippen molar-refractivity contribution in [3.63, 3.8) is 0 Å². The number of morpholine rings is 1. The molecule has 1 aromatic heterocycles. The van der Waals surface area contributed by atoms with E-state index in [0.717, 1.165) is 25.1 Å². The lowest BCUT2D eigenvalue weighted by Crippen LogP contribution is -2.45. The first-order chi connectivity index (χ1) is 12.1. The molecule has 0 bridgehead atoms. The number of aromatic nitrogens is 1. The van der Waals surface area contributed by atoms with E-state index < -0.39 is 0 Å². The van der Waals surface area contributed by atoms with E-state index in [1.807, 2.05) is 17.0 Å². The Kier molecular flexibility index (Phi) is 5.99. The first-order valence-corrected chi connectivity index (χ1v) is 8.92. The van der Waals surface area contributed by atoms with Gasteiger partial charge in [0.15, 0.2) is 0 Å². The van der Waals surface area contributed by atoms with E-state index in [-0.39, 0.29) is 17.9 Å². The van der Waals surface area contributed by atoms with Crippen LogP contribution in [0.1, 0.15) is 37.1 Å². The fourth-order valence-electron chi connectivity index (χ4n) is 3.50. The van der Waals surface area contributed by atoms with Crippen molar-refractivity contribution in [3.8, 4) is 0 Å². The Hall–Kier alpha value is -1.99. The smallest absolute Gasteiger partial charge is 0.236 e. The molecule has 3 heterocycles. The summed E-state index contributed by atoms with van der Waals surface area (Å²) in [6.07, 6.45) is 3.91. The minimum atomic E-state index is -0.0641. The third-order valence-electron chi connectivity index (χ3n) is 4.81. The molecule has 1 atom stereocenters. The molecular weight excluding hydrogens is 320 g/mol. The lowest BCUT2D eigenvalue weighted by Gasteiger charge is -2.31. The first-order valence-electron chi connectivity index (χ1n) is 8.92. The highest BCUT2D eigenvalue weighted by Crippen LogP contribution is 2.31. The van der Waals surface area contributed by atoms with Gasteiger partial charge >= 0.3 is 0 Å². The van der Waals surface area contributed by atoms with Crippen molar-refractivity contribution in [2.45, 2.75) is 32.4 Å². The number of rotatable bonds is 5. The van der Waals surface area contributed by atoms with Crippen molar-refractivity contribution in [1.29, 1.82) is 0 Å². The fourth-order valence-corrected chi connectivity index (χ4v) is 3.50. The number of amides is 2. The van der Waals surface area contributed by atoms with Crippen molar-refractivity contribution in [1.82, 2.24) is 20.1 Å². The van der Waals surface area contributed by atoms with Gasteiger partial charge in [0.1, 0.15) is 0 Å². The van der Waals surface area contributed by atoms with Gasteiger partial charge in [-0.3, -0.25) is 19.5 Å². The monoisotopic (exact) mass is 346 g/mol. The molecule has 2 saturated heterocycles. The fraction of sp³-hybridized carbons (Fsp3) is 0.611. The zero-order valence-corrected chi connectivity index (χ0v) is 14.7. The lowest BCUT2D eigenvalue weighted by atomic mass is 10.0. The van der Waals surface area contributed by atoms with Crippen molar-refractivity contribution < 1.29 is 14.3 Å². The van der Waals surface area contributed by atoms with Crippen LogP contribution in [-0.2, 0) is 20.9 Å². The maximum absolute atomic E-state index is 12.5. The quantitative estimate of drug-likeness (QED) is 0.850. The average Bonchev–Trinajstić information content (AvgIpc) is 3.09. The Morgan fingerprint density at radius 2 is 2.12 bits per heavy atom. The van der Waals surface area contributed by atoms with Crippen LogP contribution in [0.3, 0.4) is 0 Å². The molecule has 25 heavy (non-hydrogen) atoms. The molecule has 1 N–H and O–H groups in total. The minimum Gasteiger partial charge on any atom is -0.378 e. The van der Waals surface area contributed by atoms with Gasteiger partial charge in [-0.1, -0.05) is 0 Å². The molecule has 136 valence electrons. The highest BCUT2D eigenvalue weighted by Gasteiger charge is 2.29. The predicted octanol–water partition coefficient (Wildman–Crippen LogP) is 0.713. The molecule has 7 nitrogen and oxygen atoms in total. The van der Waals surface area contributed by atoms with Gasteiger partial charge in [0, 0.05) is 32.3 Å². The van der Waals surface area contributed by atoms with Gasteiger partial charge in [0.2, 0.25) is 11.8 Å². The Morgan fingerprint density at radius 1 is 1.32 bits per heavy atom. The summed E-state index contributed by atoms with van der Waals surface area (Å²) in [6.45, 7) is 5.96. The van der Waals surface area contributed by atoms with Crippen LogP contribution in [0.2, 0.25) is 0 Å². The molecule has 2 fully saturated rings. The molecule has 2 aliphatic heterocycles. The van der Waals surface area contributed by atoms with Crippen LogP contribution < -0.4 is 5.32 Å². The van der Waals surface area contributed by atoms with E-state index in [4.69, 9.17) is 4.74 Å². The summed E-state index contributed by atoms with van der Waals surface area (Å²) in [4.78, 5) is 32.1. The van der Waals surface area contributed by atoms with E-state index in [9.17, 15) is 9.59 Å². The van der Waals surface area contributed by atoms with E-state index in [1.54, 1.807) is 6.20 Å². The molecule has 3 rings (SSSR count). The molecule has 7 heteroatoms. The number of nitrogens with one attached hydrogen (secondary N) is 1. The summed E-state index contributed by atoms with van der Waals surface area (Å²) in [5.74, 6) is 0.119. The van der Waals surface area contributed by atoms with Crippen LogP contribution in [0.25, 0.3) is 0 Å². The van der Waals surface area contributed by atoms with Crippen LogP contribution in [0.15, 0.2) is 18.3 Å². The Morgan fingerprint density at radius 3 is 2.88 bits per heavy atom. The zero-order chi connectivity index (χ0) is 17.6. The highest BCUT2D eigenvalue weighted by molar-refractivity contribution is 5.78. The van der Waals surface area contributed by atoms with Crippen molar-refractivity contribution >= 4 is 11.8 Å². The molecule has 0 spiro atoms. The van der Waals surface area contributed by atoms with Gasteiger partial charge in [-0.15, -0.1) is 0 Å². The molecule has 0 aromatic carbocycles. The Labute approximate surface area is 148 Å². The second-order valence-electron chi connectivity index (χ2n) is 6.61. The van der Waals surface area contributed by atoms with Gasteiger partial charge in [0.05, 0.1) is 32.0 Å². The molecule has 2 aliphatic rings. The minimum absolute atomic E-state index is 0.0641. The molecule has 1 aromatic rings. The molecular formula is C18H26N4O3. The number of carbonyl (C=O) groups is 2. The molecule has 2 amide bonds. The van der Waals surface area contributed by atoms with Crippen LogP contribution >= 0.6 is 0 Å². The summed E-state index contributed by atoms with van der Waals surface area (Å²) >= 11 is 0. The number of nitrogens with zero attached hydrogens (tertiary/aromatic N) is 3. The number of carbonyl (C=O) groups excluding carboxylic acids is 2. The van der Waals surface area contributed by atoms with Crippen molar-refractivity contribution in [2.75, 3.05) is 39.4 Å². The molecule has 0 aliphatic carbocycles. The van der Waals surface area contributed by atoms with E-state index in [2.05, 4.69) is 15.2 Å². The predicted molar refractivity (Wildman–Crippen MR) is 92.7 cm³/mol. The van der Waals surface area contributed by atoms with Crippen LogP contribution in [0, 0.1) is 0 Å². The largest absolute Gasteiger partial charge is 0.378 e. The highest BCUT2D eigenvalue weighted by atomic mass is 16.5. The second-order valence-corrected chi connectivity index (χ2v) is 6.61.